The van der Waals surface area contributed by atoms with E-state index >= 15 is 0 Å². The first-order valence-corrected chi connectivity index (χ1v) is 6.00. The van der Waals surface area contributed by atoms with Gasteiger partial charge in [-0.3, -0.25) is 0 Å². The van der Waals surface area contributed by atoms with Gasteiger partial charge in [-0.25, -0.2) is 0 Å². The second kappa shape index (κ2) is 7.43. The third-order valence-electron chi connectivity index (χ3n) is 3.01. The fourth-order valence-electron chi connectivity index (χ4n) is 1.64. The summed E-state index contributed by atoms with van der Waals surface area (Å²) < 4.78 is 10.4. The molecule has 2 unspecified atom stereocenters. The summed E-state index contributed by atoms with van der Waals surface area (Å²) >= 11 is 0. The average molecular weight is 237 g/mol. The van der Waals surface area contributed by atoms with E-state index in [9.17, 15) is 0 Å². The van der Waals surface area contributed by atoms with Gasteiger partial charge in [0.05, 0.1) is 12.7 Å². The van der Waals surface area contributed by atoms with Crippen LogP contribution >= 0.6 is 0 Å². The highest BCUT2D eigenvalue weighted by Gasteiger charge is 2.09. The molecule has 1 rings (SSSR count). The van der Waals surface area contributed by atoms with Gasteiger partial charge in [-0.1, -0.05) is 24.3 Å². The summed E-state index contributed by atoms with van der Waals surface area (Å²) in [7, 11) is 3.45. The van der Waals surface area contributed by atoms with Gasteiger partial charge in [0, 0.05) is 26.8 Å². The van der Waals surface area contributed by atoms with Crippen molar-refractivity contribution >= 4 is 0 Å². The van der Waals surface area contributed by atoms with Gasteiger partial charge < -0.3 is 14.8 Å². The normalized spacial score (nSPS) is 14.6. The zero-order valence-electron chi connectivity index (χ0n) is 11.2. The third kappa shape index (κ3) is 4.86. The van der Waals surface area contributed by atoms with E-state index in [2.05, 4.69) is 43.4 Å². The van der Waals surface area contributed by atoms with E-state index < -0.39 is 0 Å². The highest BCUT2D eigenvalue weighted by molar-refractivity contribution is 5.22. The molecule has 1 aromatic carbocycles. The molecule has 0 aliphatic carbocycles. The Morgan fingerprint density at radius 2 is 1.88 bits per heavy atom. The van der Waals surface area contributed by atoms with Crippen LogP contribution in [0.4, 0.5) is 0 Å². The first-order valence-electron chi connectivity index (χ1n) is 6.00. The van der Waals surface area contributed by atoms with Crippen LogP contribution in [-0.2, 0) is 22.6 Å². The number of rotatable bonds is 7. The van der Waals surface area contributed by atoms with Crippen molar-refractivity contribution in [2.75, 3.05) is 14.2 Å². The van der Waals surface area contributed by atoms with Crippen LogP contribution in [0.15, 0.2) is 24.3 Å². The predicted molar refractivity (Wildman–Crippen MR) is 69.9 cm³/mol. The first-order chi connectivity index (χ1) is 8.17. The highest BCUT2D eigenvalue weighted by Crippen LogP contribution is 2.07. The third-order valence-corrected chi connectivity index (χ3v) is 3.01. The molecule has 96 valence electrons. The van der Waals surface area contributed by atoms with Crippen molar-refractivity contribution in [1.82, 2.24) is 5.32 Å². The Kier molecular flexibility index (Phi) is 6.19. The minimum Gasteiger partial charge on any atom is -0.380 e. The van der Waals surface area contributed by atoms with Crippen LogP contribution in [0.3, 0.4) is 0 Å². The second-order valence-electron chi connectivity index (χ2n) is 4.36. The minimum absolute atomic E-state index is 0.220. The number of hydrogen-bond donors (Lipinski definition) is 1. The van der Waals surface area contributed by atoms with Gasteiger partial charge in [-0.2, -0.15) is 0 Å². The molecule has 0 aromatic heterocycles. The van der Waals surface area contributed by atoms with Gasteiger partial charge in [0.2, 0.25) is 0 Å². The molecule has 2 atom stereocenters. The molecule has 0 fully saturated rings. The average Bonchev–Trinajstić information content (AvgIpc) is 2.36. The van der Waals surface area contributed by atoms with Crippen LogP contribution in [-0.4, -0.2) is 26.4 Å². The fraction of sp³-hybridized carbons (Fsp3) is 0.571. The zero-order chi connectivity index (χ0) is 12.7. The quantitative estimate of drug-likeness (QED) is 0.789. The van der Waals surface area contributed by atoms with Gasteiger partial charge >= 0.3 is 0 Å². The Hall–Kier alpha value is -0.900. The molecule has 1 aromatic rings. The molecule has 0 saturated carbocycles. The lowest BCUT2D eigenvalue weighted by molar-refractivity contribution is 0.0882. The lowest BCUT2D eigenvalue weighted by atomic mass is 10.1. The fourth-order valence-corrected chi connectivity index (χ4v) is 1.64. The van der Waals surface area contributed by atoms with Gasteiger partial charge in [0.1, 0.15) is 0 Å². The van der Waals surface area contributed by atoms with Gasteiger partial charge in [0.25, 0.3) is 0 Å². The predicted octanol–water partition coefficient (Wildman–Crippen LogP) is 2.35. The molecule has 0 saturated heterocycles. The van der Waals surface area contributed by atoms with Gasteiger partial charge in [-0.15, -0.1) is 0 Å². The van der Waals surface area contributed by atoms with Crippen molar-refractivity contribution in [3.05, 3.63) is 35.4 Å². The first kappa shape index (κ1) is 14.2. The maximum absolute atomic E-state index is 5.28. The molecule has 0 bridgehead atoms. The Labute approximate surface area is 104 Å². The van der Waals surface area contributed by atoms with Gasteiger partial charge in [-0.05, 0) is 25.0 Å². The Balaban J connectivity index is 2.48. The molecular formula is C14H23NO2. The van der Waals surface area contributed by atoms with Crippen LogP contribution < -0.4 is 5.32 Å². The van der Waals surface area contributed by atoms with E-state index in [1.54, 1.807) is 14.2 Å². The topological polar surface area (TPSA) is 30.5 Å². The second-order valence-corrected chi connectivity index (χ2v) is 4.36. The molecule has 0 amide bonds. The Morgan fingerprint density at radius 3 is 2.53 bits per heavy atom. The Morgan fingerprint density at radius 1 is 1.18 bits per heavy atom. The number of ether oxygens (including phenoxy) is 2. The summed E-state index contributed by atoms with van der Waals surface area (Å²) in [6.07, 6.45) is 0.220. The smallest absolute Gasteiger partial charge is 0.0713 e. The van der Waals surface area contributed by atoms with Crippen LogP contribution in [0, 0.1) is 0 Å². The van der Waals surface area contributed by atoms with E-state index in [-0.39, 0.29) is 6.10 Å². The lowest BCUT2D eigenvalue weighted by Crippen LogP contribution is -2.36. The molecular weight excluding hydrogens is 214 g/mol. The van der Waals surface area contributed by atoms with E-state index in [1.807, 2.05) is 0 Å². The van der Waals surface area contributed by atoms with Gasteiger partial charge in [0.15, 0.2) is 0 Å². The molecule has 0 aliphatic rings. The summed E-state index contributed by atoms with van der Waals surface area (Å²) in [5, 5.41) is 3.45. The van der Waals surface area contributed by atoms with E-state index in [4.69, 9.17) is 9.47 Å². The molecule has 0 spiro atoms. The Bertz CT molecular complexity index is 328. The molecule has 0 heterocycles. The summed E-state index contributed by atoms with van der Waals surface area (Å²) in [5.74, 6) is 0. The molecule has 17 heavy (non-hydrogen) atoms. The number of benzene rings is 1. The van der Waals surface area contributed by atoms with Crippen LogP contribution in [0.1, 0.15) is 25.0 Å². The van der Waals surface area contributed by atoms with E-state index in [1.165, 1.54) is 11.1 Å². The summed E-state index contributed by atoms with van der Waals surface area (Å²) in [5.41, 5.74) is 2.48. The molecule has 3 heteroatoms. The number of nitrogens with one attached hydrogen (secondary N) is 1. The standard InChI is InChI=1S/C14H23NO2/c1-11(12(2)17-4)15-9-13-6-5-7-14(8-13)10-16-3/h5-8,11-12,15H,9-10H2,1-4H3. The molecule has 0 aliphatic heterocycles. The summed E-state index contributed by atoms with van der Waals surface area (Å²) in [6.45, 7) is 5.72. The zero-order valence-corrected chi connectivity index (χ0v) is 11.2. The van der Waals surface area contributed by atoms with Crippen molar-refractivity contribution < 1.29 is 9.47 Å². The van der Waals surface area contributed by atoms with Crippen molar-refractivity contribution in [3.63, 3.8) is 0 Å². The van der Waals surface area contributed by atoms with Crippen LogP contribution in [0.5, 0.6) is 0 Å². The minimum atomic E-state index is 0.220. The van der Waals surface area contributed by atoms with Crippen molar-refractivity contribution in [3.8, 4) is 0 Å². The maximum atomic E-state index is 5.28. The summed E-state index contributed by atoms with van der Waals surface area (Å²) in [6, 6.07) is 8.77. The van der Waals surface area contributed by atoms with Crippen LogP contribution in [0.25, 0.3) is 0 Å². The van der Waals surface area contributed by atoms with Crippen LogP contribution in [0.2, 0.25) is 0 Å². The largest absolute Gasteiger partial charge is 0.380 e. The molecule has 1 N–H and O–H groups in total. The van der Waals surface area contributed by atoms with Crippen molar-refractivity contribution in [2.24, 2.45) is 0 Å². The maximum Gasteiger partial charge on any atom is 0.0713 e. The number of hydrogen-bond acceptors (Lipinski definition) is 3. The van der Waals surface area contributed by atoms with E-state index in [0.717, 1.165) is 6.54 Å². The van der Waals surface area contributed by atoms with Crippen molar-refractivity contribution in [1.29, 1.82) is 0 Å². The van der Waals surface area contributed by atoms with Crippen molar-refractivity contribution in [2.45, 2.75) is 39.1 Å². The summed E-state index contributed by atoms with van der Waals surface area (Å²) in [4.78, 5) is 0. The lowest BCUT2D eigenvalue weighted by Gasteiger charge is -2.20. The highest BCUT2D eigenvalue weighted by atomic mass is 16.5. The molecule has 0 radical (unpaired) electrons. The SMILES string of the molecule is COCc1cccc(CNC(C)C(C)OC)c1. The molecule has 3 nitrogen and oxygen atoms in total. The monoisotopic (exact) mass is 237 g/mol. The number of methoxy groups -OCH3 is 2. The van der Waals surface area contributed by atoms with E-state index in [0.29, 0.717) is 12.6 Å².